The number of hydrogen-bond acceptors (Lipinski definition) is 3. The van der Waals surface area contributed by atoms with Crippen molar-refractivity contribution in [2.45, 2.75) is 32.1 Å². The smallest absolute Gasteiger partial charge is 0.398 e. The number of hydrogen-bond donors (Lipinski definition) is 3. The lowest BCUT2D eigenvalue weighted by atomic mass is 10.0. The van der Waals surface area contributed by atoms with E-state index >= 15 is 0 Å². The molecule has 18 heavy (non-hydrogen) atoms. The zero-order valence-electron chi connectivity index (χ0n) is 10.3. The normalized spacial score (nSPS) is 12.8. The Morgan fingerprint density at radius 1 is 1.28 bits per heavy atom. The summed E-state index contributed by atoms with van der Waals surface area (Å²) in [7, 11) is 0. The van der Waals surface area contributed by atoms with E-state index in [1.165, 1.54) is 12.1 Å². The minimum atomic E-state index is -4.45. The first kappa shape index (κ1) is 14.8. The Morgan fingerprint density at radius 2 is 1.89 bits per heavy atom. The molecule has 1 aromatic carbocycles. The minimum absolute atomic E-state index is 0.119. The second-order valence-corrected chi connectivity index (χ2v) is 4.77. The predicted molar refractivity (Wildman–Crippen MR) is 63.9 cm³/mol. The van der Waals surface area contributed by atoms with Crippen LogP contribution in [0.15, 0.2) is 18.2 Å². The lowest BCUT2D eigenvalue weighted by Crippen LogP contribution is -2.42. The van der Waals surface area contributed by atoms with E-state index < -0.39 is 17.3 Å². The second-order valence-electron chi connectivity index (χ2n) is 4.77. The summed E-state index contributed by atoms with van der Waals surface area (Å²) in [6.45, 7) is 3.54. The monoisotopic (exact) mass is 262 g/mol. The van der Waals surface area contributed by atoms with E-state index in [0.29, 0.717) is 5.56 Å². The number of nitrogens with one attached hydrogen (secondary N) is 1. The molecule has 0 aliphatic carbocycles. The van der Waals surface area contributed by atoms with Gasteiger partial charge in [0.05, 0.1) is 12.2 Å². The van der Waals surface area contributed by atoms with E-state index in [1.807, 2.05) is 0 Å². The van der Waals surface area contributed by atoms with Gasteiger partial charge >= 0.3 is 6.18 Å². The molecule has 6 heteroatoms. The van der Waals surface area contributed by atoms with Gasteiger partial charge in [-0.3, -0.25) is 0 Å². The third-order valence-corrected chi connectivity index (χ3v) is 2.65. The van der Waals surface area contributed by atoms with Crippen molar-refractivity contribution >= 4 is 5.69 Å². The Bertz CT molecular complexity index is 416. The van der Waals surface area contributed by atoms with Gasteiger partial charge in [-0.1, -0.05) is 12.1 Å². The van der Waals surface area contributed by atoms with Crippen LogP contribution in [-0.4, -0.2) is 17.3 Å². The zero-order chi connectivity index (χ0) is 14.0. The first-order valence-corrected chi connectivity index (χ1v) is 5.48. The van der Waals surface area contributed by atoms with Crippen molar-refractivity contribution in [1.82, 2.24) is 5.32 Å². The summed E-state index contributed by atoms with van der Waals surface area (Å²) in [6.07, 6.45) is -4.45. The average Bonchev–Trinajstić information content (AvgIpc) is 2.26. The van der Waals surface area contributed by atoms with E-state index in [0.717, 1.165) is 6.07 Å². The number of aliphatic hydroxyl groups is 1. The van der Waals surface area contributed by atoms with Crippen molar-refractivity contribution in [2.75, 3.05) is 12.3 Å². The highest BCUT2D eigenvalue weighted by molar-refractivity contribution is 5.55. The topological polar surface area (TPSA) is 58.3 Å². The Balaban J connectivity index is 2.92. The maximum Gasteiger partial charge on any atom is 0.418 e. The highest BCUT2D eigenvalue weighted by atomic mass is 19.4. The van der Waals surface area contributed by atoms with Crippen LogP contribution in [0.5, 0.6) is 0 Å². The van der Waals surface area contributed by atoms with Gasteiger partial charge in [0.2, 0.25) is 0 Å². The van der Waals surface area contributed by atoms with Crippen LogP contribution < -0.4 is 11.1 Å². The van der Waals surface area contributed by atoms with Crippen LogP contribution in [0.3, 0.4) is 0 Å². The van der Waals surface area contributed by atoms with Crippen molar-refractivity contribution in [2.24, 2.45) is 0 Å². The SMILES string of the molecule is CC(C)(CO)NCc1cccc(C(F)(F)F)c1N. The molecule has 3 nitrogen and oxygen atoms in total. The summed E-state index contributed by atoms with van der Waals surface area (Å²) in [6, 6.07) is 3.81. The molecule has 1 aromatic rings. The van der Waals surface area contributed by atoms with Crippen LogP contribution in [0.4, 0.5) is 18.9 Å². The third-order valence-electron chi connectivity index (χ3n) is 2.65. The first-order valence-electron chi connectivity index (χ1n) is 5.48. The summed E-state index contributed by atoms with van der Waals surface area (Å²) >= 11 is 0. The molecule has 0 aromatic heterocycles. The maximum absolute atomic E-state index is 12.6. The fourth-order valence-corrected chi connectivity index (χ4v) is 1.40. The molecule has 0 saturated carbocycles. The van der Waals surface area contributed by atoms with Gasteiger partial charge in [0, 0.05) is 17.8 Å². The van der Waals surface area contributed by atoms with E-state index in [9.17, 15) is 13.2 Å². The molecule has 0 aliphatic heterocycles. The zero-order valence-corrected chi connectivity index (χ0v) is 10.3. The molecule has 0 aliphatic rings. The Kier molecular flexibility index (Phi) is 4.24. The number of aliphatic hydroxyl groups excluding tert-OH is 1. The van der Waals surface area contributed by atoms with Gasteiger partial charge < -0.3 is 16.2 Å². The fraction of sp³-hybridized carbons (Fsp3) is 0.500. The van der Waals surface area contributed by atoms with Crippen molar-refractivity contribution in [1.29, 1.82) is 0 Å². The molecular formula is C12H17F3N2O. The van der Waals surface area contributed by atoms with Crippen LogP contribution >= 0.6 is 0 Å². The molecule has 0 fully saturated rings. The molecule has 1 rings (SSSR count). The van der Waals surface area contributed by atoms with Crippen molar-refractivity contribution in [3.63, 3.8) is 0 Å². The highest BCUT2D eigenvalue weighted by Gasteiger charge is 2.33. The third kappa shape index (κ3) is 3.61. The molecule has 0 saturated heterocycles. The predicted octanol–water partition coefficient (Wildman–Crippen LogP) is 2.15. The van der Waals surface area contributed by atoms with Crippen LogP contribution in [0.2, 0.25) is 0 Å². The fourth-order valence-electron chi connectivity index (χ4n) is 1.40. The number of para-hydroxylation sites is 1. The summed E-state index contributed by atoms with van der Waals surface area (Å²) in [5.74, 6) is 0. The average molecular weight is 262 g/mol. The van der Waals surface area contributed by atoms with Gasteiger partial charge in [-0.25, -0.2) is 0 Å². The lowest BCUT2D eigenvalue weighted by molar-refractivity contribution is -0.136. The quantitative estimate of drug-likeness (QED) is 0.729. The van der Waals surface area contributed by atoms with E-state index in [4.69, 9.17) is 10.8 Å². The van der Waals surface area contributed by atoms with Crippen molar-refractivity contribution in [3.05, 3.63) is 29.3 Å². The lowest BCUT2D eigenvalue weighted by Gasteiger charge is -2.24. The highest BCUT2D eigenvalue weighted by Crippen LogP contribution is 2.34. The maximum atomic E-state index is 12.6. The van der Waals surface area contributed by atoms with Crippen molar-refractivity contribution in [3.8, 4) is 0 Å². The van der Waals surface area contributed by atoms with Gasteiger partial charge in [0.1, 0.15) is 0 Å². The molecular weight excluding hydrogens is 245 g/mol. The molecule has 0 radical (unpaired) electrons. The Hall–Kier alpha value is -1.27. The van der Waals surface area contributed by atoms with Crippen LogP contribution in [0.25, 0.3) is 0 Å². The summed E-state index contributed by atoms with van der Waals surface area (Å²) in [4.78, 5) is 0. The van der Waals surface area contributed by atoms with E-state index in [1.54, 1.807) is 13.8 Å². The number of alkyl halides is 3. The van der Waals surface area contributed by atoms with E-state index in [2.05, 4.69) is 5.32 Å². The van der Waals surface area contributed by atoms with Gasteiger partial charge in [0.25, 0.3) is 0 Å². The summed E-state index contributed by atoms with van der Waals surface area (Å²) in [5.41, 5.74) is 4.21. The van der Waals surface area contributed by atoms with Gasteiger partial charge in [-0.2, -0.15) is 13.2 Å². The molecule has 0 atom stereocenters. The number of benzene rings is 1. The molecule has 0 amide bonds. The van der Waals surface area contributed by atoms with Gasteiger partial charge in [-0.05, 0) is 25.5 Å². The van der Waals surface area contributed by atoms with E-state index in [-0.39, 0.29) is 18.8 Å². The second kappa shape index (κ2) is 5.16. The molecule has 102 valence electrons. The Labute approximate surface area is 104 Å². The number of rotatable bonds is 4. The van der Waals surface area contributed by atoms with Crippen molar-refractivity contribution < 1.29 is 18.3 Å². The van der Waals surface area contributed by atoms with Crippen LogP contribution in [-0.2, 0) is 12.7 Å². The molecule has 0 heterocycles. The van der Waals surface area contributed by atoms with Crippen LogP contribution in [0.1, 0.15) is 25.0 Å². The largest absolute Gasteiger partial charge is 0.418 e. The summed E-state index contributed by atoms with van der Waals surface area (Å²) in [5, 5.41) is 12.0. The standard InChI is InChI=1S/C12H17F3N2O/c1-11(2,7-18)17-6-8-4-3-5-9(10(8)16)12(13,14)15/h3-5,17-18H,6-7,16H2,1-2H3. The molecule has 0 unspecified atom stereocenters. The minimum Gasteiger partial charge on any atom is -0.398 e. The summed E-state index contributed by atoms with van der Waals surface area (Å²) < 4.78 is 37.9. The number of halogens is 3. The molecule has 4 N–H and O–H groups in total. The van der Waals surface area contributed by atoms with Gasteiger partial charge in [-0.15, -0.1) is 0 Å². The molecule has 0 bridgehead atoms. The van der Waals surface area contributed by atoms with Crippen LogP contribution in [0, 0.1) is 0 Å². The van der Waals surface area contributed by atoms with Gasteiger partial charge in [0.15, 0.2) is 0 Å². The first-order chi connectivity index (χ1) is 8.17. The number of nitrogens with two attached hydrogens (primary N) is 1. The Morgan fingerprint density at radius 3 is 2.39 bits per heavy atom. The molecule has 0 spiro atoms. The number of nitrogen functional groups attached to an aromatic ring is 1. The number of anilines is 1.